The Kier molecular flexibility index (Phi) is 5.67. The second-order valence-corrected chi connectivity index (χ2v) is 5.18. The standard InChI is InChI=1S/C16H25NO2/c1-2-15(17)14-9-3-4-10-16(14)19-12-6-8-13-7-5-11-18-13/h3-4,9-10,13,15H,2,5-8,11-12,17H2,1H3/t13?,15-/m0/s1. The van der Waals surface area contributed by atoms with Crippen molar-refractivity contribution in [2.75, 3.05) is 13.2 Å². The van der Waals surface area contributed by atoms with Crippen molar-refractivity contribution >= 4 is 0 Å². The molecule has 0 aromatic heterocycles. The lowest BCUT2D eigenvalue weighted by atomic mass is 10.0. The summed E-state index contributed by atoms with van der Waals surface area (Å²) in [6.07, 6.45) is 5.94. The van der Waals surface area contributed by atoms with E-state index in [9.17, 15) is 0 Å². The van der Waals surface area contributed by atoms with E-state index in [1.54, 1.807) is 0 Å². The van der Waals surface area contributed by atoms with E-state index in [1.165, 1.54) is 12.8 Å². The van der Waals surface area contributed by atoms with E-state index in [1.807, 2.05) is 18.2 Å². The van der Waals surface area contributed by atoms with Crippen LogP contribution >= 0.6 is 0 Å². The Morgan fingerprint density at radius 2 is 2.26 bits per heavy atom. The molecule has 19 heavy (non-hydrogen) atoms. The van der Waals surface area contributed by atoms with Gasteiger partial charge in [-0.3, -0.25) is 0 Å². The molecule has 2 rings (SSSR count). The number of nitrogens with two attached hydrogens (primary N) is 1. The summed E-state index contributed by atoms with van der Waals surface area (Å²) in [5.41, 5.74) is 7.21. The number of ether oxygens (including phenoxy) is 2. The first-order valence-corrected chi connectivity index (χ1v) is 7.40. The van der Waals surface area contributed by atoms with Crippen molar-refractivity contribution in [2.24, 2.45) is 5.73 Å². The van der Waals surface area contributed by atoms with Gasteiger partial charge in [0.1, 0.15) is 5.75 Å². The number of benzene rings is 1. The highest BCUT2D eigenvalue weighted by Crippen LogP contribution is 2.25. The maximum absolute atomic E-state index is 6.10. The summed E-state index contributed by atoms with van der Waals surface area (Å²) in [6.45, 7) is 3.77. The quantitative estimate of drug-likeness (QED) is 0.766. The topological polar surface area (TPSA) is 44.5 Å². The van der Waals surface area contributed by atoms with Crippen LogP contribution in [0.15, 0.2) is 24.3 Å². The molecule has 1 unspecified atom stereocenters. The summed E-state index contributed by atoms with van der Waals surface area (Å²) in [4.78, 5) is 0. The fourth-order valence-corrected chi connectivity index (χ4v) is 2.50. The van der Waals surface area contributed by atoms with Crippen LogP contribution in [-0.4, -0.2) is 19.3 Å². The fraction of sp³-hybridized carbons (Fsp3) is 0.625. The normalized spacial score (nSPS) is 20.4. The number of hydrogen-bond acceptors (Lipinski definition) is 3. The minimum atomic E-state index is 0.0642. The fourth-order valence-electron chi connectivity index (χ4n) is 2.50. The molecular formula is C16H25NO2. The largest absolute Gasteiger partial charge is 0.493 e. The highest BCUT2D eigenvalue weighted by atomic mass is 16.5. The zero-order valence-electron chi connectivity index (χ0n) is 11.8. The Morgan fingerprint density at radius 1 is 1.42 bits per heavy atom. The molecule has 2 N–H and O–H groups in total. The molecule has 0 aliphatic carbocycles. The van der Waals surface area contributed by atoms with Crippen molar-refractivity contribution in [1.82, 2.24) is 0 Å². The van der Waals surface area contributed by atoms with Crippen LogP contribution in [0.4, 0.5) is 0 Å². The van der Waals surface area contributed by atoms with Gasteiger partial charge >= 0.3 is 0 Å². The minimum absolute atomic E-state index is 0.0642. The molecule has 1 saturated heterocycles. The third-order valence-electron chi connectivity index (χ3n) is 3.71. The van der Waals surface area contributed by atoms with E-state index in [0.29, 0.717) is 6.10 Å². The summed E-state index contributed by atoms with van der Waals surface area (Å²) in [5.74, 6) is 0.934. The highest BCUT2D eigenvalue weighted by molar-refractivity contribution is 5.35. The third kappa shape index (κ3) is 4.22. The number of hydrogen-bond donors (Lipinski definition) is 1. The summed E-state index contributed by atoms with van der Waals surface area (Å²) in [5, 5.41) is 0. The first-order valence-electron chi connectivity index (χ1n) is 7.40. The van der Waals surface area contributed by atoms with E-state index in [4.69, 9.17) is 15.2 Å². The van der Waals surface area contributed by atoms with E-state index < -0.39 is 0 Å². The van der Waals surface area contributed by atoms with E-state index in [0.717, 1.165) is 43.8 Å². The van der Waals surface area contributed by atoms with Crippen LogP contribution in [0.2, 0.25) is 0 Å². The molecule has 0 bridgehead atoms. The maximum atomic E-state index is 6.10. The minimum Gasteiger partial charge on any atom is -0.493 e. The Morgan fingerprint density at radius 3 is 3.00 bits per heavy atom. The SMILES string of the molecule is CC[C@H](N)c1ccccc1OCCCC1CCCO1. The van der Waals surface area contributed by atoms with Crippen LogP contribution in [0.1, 0.15) is 50.6 Å². The van der Waals surface area contributed by atoms with Gasteiger partial charge in [0.05, 0.1) is 12.7 Å². The second kappa shape index (κ2) is 7.51. The molecule has 0 spiro atoms. The molecule has 0 amide bonds. The number of rotatable bonds is 7. The molecule has 1 aliphatic heterocycles. The van der Waals surface area contributed by atoms with Crippen molar-refractivity contribution in [3.8, 4) is 5.75 Å². The van der Waals surface area contributed by atoms with Crippen LogP contribution in [-0.2, 0) is 4.74 Å². The van der Waals surface area contributed by atoms with Gasteiger partial charge in [0, 0.05) is 18.2 Å². The molecule has 1 aromatic carbocycles. The first-order chi connectivity index (χ1) is 9.31. The van der Waals surface area contributed by atoms with Gasteiger partial charge in [0.25, 0.3) is 0 Å². The Balaban J connectivity index is 1.78. The molecular weight excluding hydrogens is 238 g/mol. The summed E-state index contributed by atoms with van der Waals surface area (Å²) >= 11 is 0. The number of para-hydroxylation sites is 1. The second-order valence-electron chi connectivity index (χ2n) is 5.18. The van der Waals surface area contributed by atoms with Crippen molar-refractivity contribution in [3.63, 3.8) is 0 Å². The molecule has 0 radical (unpaired) electrons. The Labute approximate surface area is 116 Å². The molecule has 3 heteroatoms. The van der Waals surface area contributed by atoms with Gasteiger partial charge in [0.2, 0.25) is 0 Å². The molecule has 1 heterocycles. The summed E-state index contributed by atoms with van der Waals surface area (Å²) in [6, 6.07) is 8.15. The average molecular weight is 263 g/mol. The van der Waals surface area contributed by atoms with Crippen molar-refractivity contribution in [1.29, 1.82) is 0 Å². The summed E-state index contributed by atoms with van der Waals surface area (Å²) in [7, 11) is 0. The Bertz CT molecular complexity index is 375. The molecule has 3 nitrogen and oxygen atoms in total. The predicted octanol–water partition coefficient (Wildman–Crippen LogP) is 3.43. The smallest absolute Gasteiger partial charge is 0.124 e. The lowest BCUT2D eigenvalue weighted by molar-refractivity contribution is 0.0980. The predicted molar refractivity (Wildman–Crippen MR) is 77.4 cm³/mol. The van der Waals surface area contributed by atoms with Crippen LogP contribution in [0.5, 0.6) is 5.75 Å². The van der Waals surface area contributed by atoms with Crippen LogP contribution in [0, 0.1) is 0 Å². The van der Waals surface area contributed by atoms with Gasteiger partial charge in [-0.15, -0.1) is 0 Å². The highest BCUT2D eigenvalue weighted by Gasteiger charge is 2.15. The third-order valence-corrected chi connectivity index (χ3v) is 3.71. The monoisotopic (exact) mass is 263 g/mol. The van der Waals surface area contributed by atoms with Crippen LogP contribution < -0.4 is 10.5 Å². The van der Waals surface area contributed by atoms with Crippen LogP contribution in [0.3, 0.4) is 0 Å². The van der Waals surface area contributed by atoms with Crippen molar-refractivity contribution in [3.05, 3.63) is 29.8 Å². The van der Waals surface area contributed by atoms with Crippen molar-refractivity contribution in [2.45, 2.75) is 51.2 Å². The molecule has 106 valence electrons. The van der Waals surface area contributed by atoms with Gasteiger partial charge in [-0.1, -0.05) is 25.1 Å². The van der Waals surface area contributed by atoms with Crippen molar-refractivity contribution < 1.29 is 9.47 Å². The van der Waals surface area contributed by atoms with Gasteiger partial charge in [-0.05, 0) is 38.2 Å². The molecule has 1 aromatic rings. The van der Waals surface area contributed by atoms with Gasteiger partial charge in [-0.25, -0.2) is 0 Å². The molecule has 1 fully saturated rings. The Hall–Kier alpha value is -1.06. The lowest BCUT2D eigenvalue weighted by Crippen LogP contribution is -2.12. The molecule has 2 atom stereocenters. The van der Waals surface area contributed by atoms with Gasteiger partial charge in [0.15, 0.2) is 0 Å². The molecule has 0 saturated carbocycles. The van der Waals surface area contributed by atoms with E-state index in [2.05, 4.69) is 13.0 Å². The zero-order valence-corrected chi connectivity index (χ0v) is 11.8. The average Bonchev–Trinajstić information content (AvgIpc) is 2.96. The zero-order chi connectivity index (χ0) is 13.5. The van der Waals surface area contributed by atoms with Gasteiger partial charge < -0.3 is 15.2 Å². The summed E-state index contributed by atoms with van der Waals surface area (Å²) < 4.78 is 11.5. The first kappa shape index (κ1) is 14.4. The van der Waals surface area contributed by atoms with E-state index in [-0.39, 0.29) is 6.04 Å². The van der Waals surface area contributed by atoms with Gasteiger partial charge in [-0.2, -0.15) is 0 Å². The maximum Gasteiger partial charge on any atom is 0.124 e. The molecule has 1 aliphatic rings. The lowest BCUT2D eigenvalue weighted by Gasteiger charge is -2.16. The van der Waals surface area contributed by atoms with Crippen LogP contribution in [0.25, 0.3) is 0 Å². The van der Waals surface area contributed by atoms with E-state index >= 15 is 0 Å².